The van der Waals surface area contributed by atoms with Crippen LogP contribution in [0, 0.1) is 0 Å². The highest BCUT2D eigenvalue weighted by Crippen LogP contribution is 2.44. The molecule has 0 unspecified atom stereocenters. The number of hydrogen-bond acceptors (Lipinski definition) is 4. The zero-order chi connectivity index (χ0) is 24.1. The van der Waals surface area contributed by atoms with E-state index in [1.54, 1.807) is 31.3 Å². The number of benzene rings is 3. The third kappa shape index (κ3) is 5.26. The maximum atomic E-state index is 12.4. The van der Waals surface area contributed by atoms with E-state index in [-0.39, 0.29) is 37.8 Å². The largest absolute Gasteiger partial charge is 0.481 e. The lowest BCUT2D eigenvalue weighted by Crippen LogP contribution is -2.30. The maximum absolute atomic E-state index is 12.4. The fraction of sp³-hybridized carbons (Fsp3) is 0.222. The molecule has 1 aliphatic carbocycles. The predicted octanol–water partition coefficient (Wildman–Crippen LogP) is 4.52. The van der Waals surface area contributed by atoms with E-state index >= 15 is 0 Å². The average molecular weight is 459 g/mol. The van der Waals surface area contributed by atoms with Gasteiger partial charge in [0.25, 0.3) is 0 Å². The van der Waals surface area contributed by atoms with Crippen LogP contribution in [0.5, 0.6) is 0 Å². The standard InChI is InChI=1S/C27H26N2O5/c1-29(15-14-26(31)32)25(30)16-18-10-12-19(13-11-18)28-27(33)34-17-24-22-8-4-2-6-20(22)21-7-3-5-9-23(21)24/h2-13,24H,14-17H2,1H3,(H,28,33)(H,31,32). The monoisotopic (exact) mass is 458 g/mol. The molecule has 0 fully saturated rings. The second-order valence-electron chi connectivity index (χ2n) is 8.28. The molecule has 1 aliphatic rings. The second kappa shape index (κ2) is 10.2. The summed E-state index contributed by atoms with van der Waals surface area (Å²) >= 11 is 0. The first-order chi connectivity index (χ1) is 16.4. The highest BCUT2D eigenvalue weighted by atomic mass is 16.5. The quantitative estimate of drug-likeness (QED) is 0.517. The van der Waals surface area contributed by atoms with E-state index in [0.29, 0.717) is 5.69 Å². The number of nitrogens with zero attached hydrogens (tertiary/aromatic N) is 1. The lowest BCUT2D eigenvalue weighted by Gasteiger charge is -2.16. The number of carboxylic acid groups (broad SMARTS) is 1. The van der Waals surface area contributed by atoms with Crippen molar-refractivity contribution in [3.8, 4) is 11.1 Å². The van der Waals surface area contributed by atoms with Gasteiger partial charge in [-0.15, -0.1) is 0 Å². The Bertz CT molecular complexity index is 1160. The molecule has 4 rings (SSSR count). The molecular formula is C27H26N2O5. The van der Waals surface area contributed by atoms with Gasteiger partial charge < -0.3 is 14.7 Å². The molecule has 3 aromatic rings. The Balaban J connectivity index is 1.31. The minimum Gasteiger partial charge on any atom is -0.481 e. The van der Waals surface area contributed by atoms with Crippen molar-refractivity contribution in [2.24, 2.45) is 0 Å². The molecule has 2 N–H and O–H groups in total. The van der Waals surface area contributed by atoms with Crippen LogP contribution in [-0.2, 0) is 20.7 Å². The van der Waals surface area contributed by atoms with Gasteiger partial charge >= 0.3 is 12.1 Å². The van der Waals surface area contributed by atoms with Crippen molar-refractivity contribution in [1.82, 2.24) is 4.90 Å². The normalized spacial score (nSPS) is 11.9. The first-order valence-corrected chi connectivity index (χ1v) is 11.1. The molecule has 7 heteroatoms. The minimum absolute atomic E-state index is 0.00958. The fourth-order valence-electron chi connectivity index (χ4n) is 4.16. The van der Waals surface area contributed by atoms with Gasteiger partial charge in [0.05, 0.1) is 12.8 Å². The van der Waals surface area contributed by atoms with Crippen molar-refractivity contribution in [2.75, 3.05) is 25.5 Å². The van der Waals surface area contributed by atoms with Gasteiger partial charge in [-0.25, -0.2) is 4.79 Å². The highest BCUT2D eigenvalue weighted by molar-refractivity contribution is 5.85. The lowest BCUT2D eigenvalue weighted by atomic mass is 9.98. The van der Waals surface area contributed by atoms with Crippen LogP contribution in [-0.4, -0.2) is 48.2 Å². The molecule has 0 aliphatic heterocycles. The average Bonchev–Trinajstić information content (AvgIpc) is 3.16. The van der Waals surface area contributed by atoms with E-state index in [1.165, 1.54) is 16.0 Å². The second-order valence-corrected chi connectivity index (χ2v) is 8.28. The summed E-state index contributed by atoms with van der Waals surface area (Å²) in [6, 6.07) is 23.2. The number of aliphatic carboxylic acids is 1. The van der Waals surface area contributed by atoms with Crippen molar-refractivity contribution in [1.29, 1.82) is 0 Å². The molecule has 0 atom stereocenters. The third-order valence-corrected chi connectivity index (χ3v) is 5.99. The molecule has 0 aromatic heterocycles. The van der Waals surface area contributed by atoms with E-state index in [0.717, 1.165) is 16.7 Å². The number of nitrogens with one attached hydrogen (secondary N) is 1. The number of fused-ring (bicyclic) bond motifs is 3. The summed E-state index contributed by atoms with van der Waals surface area (Å²) in [6.07, 6.45) is -0.480. The van der Waals surface area contributed by atoms with Crippen LogP contribution in [0.2, 0.25) is 0 Å². The van der Waals surface area contributed by atoms with Crippen LogP contribution in [0.25, 0.3) is 11.1 Å². The van der Waals surface area contributed by atoms with E-state index in [2.05, 4.69) is 29.6 Å². The Labute approximate surface area is 198 Å². The number of ether oxygens (including phenoxy) is 1. The Kier molecular flexibility index (Phi) is 6.92. The molecule has 0 heterocycles. The summed E-state index contributed by atoms with van der Waals surface area (Å²) in [6.45, 7) is 0.394. The molecule has 0 saturated carbocycles. The summed E-state index contributed by atoms with van der Waals surface area (Å²) in [5, 5.41) is 11.5. The number of carbonyl (C=O) groups is 3. The van der Waals surface area contributed by atoms with Gasteiger partial charge in [-0.2, -0.15) is 0 Å². The highest BCUT2D eigenvalue weighted by Gasteiger charge is 2.29. The van der Waals surface area contributed by atoms with Gasteiger partial charge in [-0.1, -0.05) is 60.7 Å². The van der Waals surface area contributed by atoms with Crippen molar-refractivity contribution in [3.63, 3.8) is 0 Å². The lowest BCUT2D eigenvalue weighted by molar-refractivity contribution is -0.138. The topological polar surface area (TPSA) is 95.9 Å². The molecule has 0 spiro atoms. The molecule has 7 nitrogen and oxygen atoms in total. The summed E-state index contributed by atoms with van der Waals surface area (Å²) in [5.74, 6) is -1.12. The van der Waals surface area contributed by atoms with Crippen molar-refractivity contribution < 1.29 is 24.2 Å². The summed E-state index contributed by atoms with van der Waals surface area (Å²) in [7, 11) is 1.58. The van der Waals surface area contributed by atoms with E-state index in [4.69, 9.17) is 9.84 Å². The molecule has 0 bridgehead atoms. The predicted molar refractivity (Wildman–Crippen MR) is 129 cm³/mol. The summed E-state index contributed by atoms with van der Waals surface area (Å²) in [5.41, 5.74) is 5.98. The Hall–Kier alpha value is -4.13. The van der Waals surface area contributed by atoms with Crippen LogP contribution in [0.3, 0.4) is 0 Å². The first-order valence-electron chi connectivity index (χ1n) is 11.1. The van der Waals surface area contributed by atoms with E-state index in [9.17, 15) is 14.4 Å². The number of hydrogen-bond donors (Lipinski definition) is 2. The molecule has 0 saturated heterocycles. The Morgan fingerprint density at radius 2 is 1.50 bits per heavy atom. The third-order valence-electron chi connectivity index (χ3n) is 5.99. The van der Waals surface area contributed by atoms with E-state index < -0.39 is 12.1 Å². The molecule has 0 radical (unpaired) electrons. The fourth-order valence-corrected chi connectivity index (χ4v) is 4.16. The van der Waals surface area contributed by atoms with Crippen LogP contribution in [0.4, 0.5) is 10.5 Å². The Morgan fingerprint density at radius 3 is 2.09 bits per heavy atom. The number of carboxylic acids is 1. The van der Waals surface area contributed by atoms with Gasteiger partial charge in [0.2, 0.25) is 5.91 Å². The Morgan fingerprint density at radius 1 is 0.912 bits per heavy atom. The molecule has 34 heavy (non-hydrogen) atoms. The minimum atomic E-state index is -0.941. The SMILES string of the molecule is CN(CCC(=O)O)C(=O)Cc1ccc(NC(=O)OCC2c3ccccc3-c3ccccc32)cc1. The smallest absolute Gasteiger partial charge is 0.411 e. The number of amides is 2. The number of rotatable bonds is 8. The van der Waals surface area contributed by atoms with Gasteiger partial charge in [-0.05, 0) is 39.9 Å². The molecular weight excluding hydrogens is 432 g/mol. The zero-order valence-corrected chi connectivity index (χ0v) is 18.9. The molecule has 2 amide bonds. The van der Waals surface area contributed by atoms with Gasteiger partial charge in [0, 0.05) is 25.2 Å². The maximum Gasteiger partial charge on any atom is 0.411 e. The summed E-state index contributed by atoms with van der Waals surface area (Å²) in [4.78, 5) is 36.7. The van der Waals surface area contributed by atoms with Crippen molar-refractivity contribution in [3.05, 3.63) is 89.5 Å². The van der Waals surface area contributed by atoms with Gasteiger partial charge in [0.15, 0.2) is 0 Å². The van der Waals surface area contributed by atoms with Crippen molar-refractivity contribution >= 4 is 23.7 Å². The molecule has 3 aromatic carbocycles. The van der Waals surface area contributed by atoms with Gasteiger partial charge in [-0.3, -0.25) is 14.9 Å². The first kappa shape index (κ1) is 23.0. The number of likely N-dealkylation sites (N-methyl/N-ethyl adjacent to an activating group) is 1. The van der Waals surface area contributed by atoms with E-state index in [1.807, 2.05) is 24.3 Å². The zero-order valence-electron chi connectivity index (χ0n) is 18.9. The summed E-state index contributed by atoms with van der Waals surface area (Å²) < 4.78 is 5.56. The number of anilines is 1. The van der Waals surface area contributed by atoms with Crippen molar-refractivity contribution in [2.45, 2.75) is 18.8 Å². The van der Waals surface area contributed by atoms with Crippen LogP contribution in [0.15, 0.2) is 72.8 Å². The van der Waals surface area contributed by atoms with Crippen LogP contribution in [0.1, 0.15) is 29.0 Å². The molecule has 174 valence electrons. The van der Waals surface area contributed by atoms with Crippen LogP contribution < -0.4 is 5.32 Å². The van der Waals surface area contributed by atoms with Gasteiger partial charge in [0.1, 0.15) is 6.61 Å². The van der Waals surface area contributed by atoms with Crippen LogP contribution >= 0.6 is 0 Å². The number of carbonyl (C=O) groups excluding carboxylic acids is 2.